The van der Waals surface area contributed by atoms with Crippen molar-refractivity contribution < 1.29 is 14.3 Å². The van der Waals surface area contributed by atoms with Crippen LogP contribution in [0, 0.1) is 6.92 Å². The van der Waals surface area contributed by atoms with Gasteiger partial charge in [-0.1, -0.05) is 121 Å². The number of rotatable bonds is 10. The third kappa shape index (κ3) is 5.98. The van der Waals surface area contributed by atoms with E-state index < -0.39 is 11.6 Å². The minimum absolute atomic E-state index is 0.327. The first-order valence-electron chi connectivity index (χ1n) is 13.4. The molecule has 0 aliphatic rings. The van der Waals surface area contributed by atoms with Crippen molar-refractivity contribution in [3.05, 3.63) is 167 Å². The van der Waals surface area contributed by atoms with Crippen molar-refractivity contribution in [2.45, 2.75) is 24.9 Å². The van der Waals surface area contributed by atoms with Gasteiger partial charge in [-0.25, -0.2) is 0 Å². The van der Waals surface area contributed by atoms with E-state index in [1.54, 1.807) is 0 Å². The maximum absolute atomic E-state index is 13.3. The Morgan fingerprint density at radius 2 is 1.07 bits per heavy atom. The fraction of sp³-hybridized carbons (Fsp3) is 0.139. The molecule has 0 spiro atoms. The molecule has 5 aromatic carbocycles. The second kappa shape index (κ2) is 12.5. The second-order valence-corrected chi connectivity index (χ2v) is 9.83. The highest BCUT2D eigenvalue weighted by Crippen LogP contribution is 2.37. The number of carbonyl (C=O) groups excluding carboxylic acids is 1. The Bertz CT molecular complexity index is 1400. The summed E-state index contributed by atoms with van der Waals surface area (Å²) in [5, 5.41) is 3.77. The van der Waals surface area contributed by atoms with Crippen LogP contribution in [0.4, 0.5) is 0 Å². The van der Waals surface area contributed by atoms with Crippen LogP contribution in [0.15, 0.2) is 140 Å². The molecule has 4 heteroatoms. The lowest BCUT2D eigenvalue weighted by atomic mass is 9.76. The molecule has 0 amide bonds. The van der Waals surface area contributed by atoms with Crippen molar-refractivity contribution in [3.8, 4) is 11.5 Å². The van der Waals surface area contributed by atoms with Crippen LogP contribution >= 0.6 is 0 Å². The average Bonchev–Trinajstić information content (AvgIpc) is 3.02. The van der Waals surface area contributed by atoms with Gasteiger partial charge in [0, 0.05) is 0 Å². The highest BCUT2D eigenvalue weighted by atomic mass is 16.5. The van der Waals surface area contributed by atoms with Crippen LogP contribution in [-0.4, -0.2) is 19.1 Å². The van der Waals surface area contributed by atoms with Gasteiger partial charge in [0.2, 0.25) is 0 Å². The first-order valence-corrected chi connectivity index (χ1v) is 13.4. The molecule has 1 N–H and O–H groups in total. The number of ether oxygens (including phenoxy) is 2. The third-order valence-electron chi connectivity index (χ3n) is 7.12. The molecule has 5 aromatic rings. The van der Waals surface area contributed by atoms with E-state index in [1.165, 1.54) is 12.7 Å². The highest BCUT2D eigenvalue weighted by Gasteiger charge is 2.40. The normalized spacial score (nSPS) is 11.9. The number of benzene rings is 5. The number of hydrogen-bond acceptors (Lipinski definition) is 4. The van der Waals surface area contributed by atoms with Gasteiger partial charge in [-0.15, -0.1) is 0 Å². The van der Waals surface area contributed by atoms with E-state index >= 15 is 0 Å². The minimum atomic E-state index is -0.795. The van der Waals surface area contributed by atoms with Crippen molar-refractivity contribution >= 4 is 5.97 Å². The molecule has 0 bridgehead atoms. The standard InChI is InChI=1S/C36H33NO3/c1-27-18-22-32(23-19-27)40-33-24-20-28(21-25-33)26-34(35(38)39-2)37-36(29-12-6-3-7-13-29,30-14-8-4-9-15-30)31-16-10-5-11-17-31/h3-25,34,37H,26H2,1-2H3/t34-/m0/s1. The molecule has 0 aliphatic carbocycles. The van der Waals surface area contributed by atoms with E-state index in [2.05, 4.69) is 41.7 Å². The van der Waals surface area contributed by atoms with Crippen molar-refractivity contribution in [1.29, 1.82) is 0 Å². The summed E-state index contributed by atoms with van der Waals surface area (Å²) < 4.78 is 11.3. The summed E-state index contributed by atoms with van der Waals surface area (Å²) in [7, 11) is 1.44. The van der Waals surface area contributed by atoms with Gasteiger partial charge < -0.3 is 9.47 Å². The fourth-order valence-electron chi connectivity index (χ4n) is 5.08. The van der Waals surface area contributed by atoms with Crippen LogP contribution in [0.1, 0.15) is 27.8 Å². The number of aryl methyl sites for hydroxylation is 1. The monoisotopic (exact) mass is 527 g/mol. The minimum Gasteiger partial charge on any atom is -0.468 e. The summed E-state index contributed by atoms with van der Waals surface area (Å²) in [5.74, 6) is 1.19. The van der Waals surface area contributed by atoms with Gasteiger partial charge in [-0.2, -0.15) is 0 Å². The molecule has 1 atom stereocenters. The van der Waals surface area contributed by atoms with Gasteiger partial charge in [-0.05, 0) is 59.9 Å². The first-order chi connectivity index (χ1) is 19.6. The summed E-state index contributed by atoms with van der Waals surface area (Å²) in [5.41, 5.74) is 4.47. The molecule has 0 heterocycles. The molecule has 0 saturated heterocycles. The van der Waals surface area contributed by atoms with Crippen LogP contribution < -0.4 is 10.1 Å². The molecule has 0 radical (unpaired) electrons. The van der Waals surface area contributed by atoms with Gasteiger partial charge in [0.05, 0.1) is 12.6 Å². The molecule has 0 fully saturated rings. The zero-order valence-corrected chi connectivity index (χ0v) is 22.8. The molecule has 0 aliphatic heterocycles. The molecule has 0 aromatic heterocycles. The molecule has 40 heavy (non-hydrogen) atoms. The Morgan fingerprint density at radius 1 is 0.650 bits per heavy atom. The zero-order chi connectivity index (χ0) is 27.8. The average molecular weight is 528 g/mol. The van der Waals surface area contributed by atoms with E-state index in [1.807, 2.05) is 110 Å². The molecule has 0 unspecified atom stereocenters. The van der Waals surface area contributed by atoms with Crippen LogP contribution in [0.5, 0.6) is 11.5 Å². The smallest absolute Gasteiger partial charge is 0.323 e. The van der Waals surface area contributed by atoms with Crippen molar-refractivity contribution in [1.82, 2.24) is 5.32 Å². The van der Waals surface area contributed by atoms with Gasteiger partial charge >= 0.3 is 5.97 Å². The number of esters is 1. The number of methoxy groups -OCH3 is 1. The summed E-state index contributed by atoms with van der Waals surface area (Å²) >= 11 is 0. The molecular weight excluding hydrogens is 494 g/mol. The third-order valence-corrected chi connectivity index (χ3v) is 7.12. The largest absolute Gasteiger partial charge is 0.468 e. The number of carbonyl (C=O) groups is 1. The van der Waals surface area contributed by atoms with Crippen molar-refractivity contribution in [2.75, 3.05) is 7.11 Å². The van der Waals surface area contributed by atoms with Gasteiger partial charge in [0.25, 0.3) is 0 Å². The predicted octanol–water partition coefficient (Wildman–Crippen LogP) is 7.45. The predicted molar refractivity (Wildman–Crippen MR) is 160 cm³/mol. The second-order valence-electron chi connectivity index (χ2n) is 9.83. The Morgan fingerprint density at radius 3 is 1.50 bits per heavy atom. The summed E-state index contributed by atoms with van der Waals surface area (Å²) in [4.78, 5) is 13.3. The molecule has 200 valence electrons. The maximum atomic E-state index is 13.3. The van der Waals surface area contributed by atoms with Gasteiger partial charge in [0.15, 0.2) is 0 Å². The lowest BCUT2D eigenvalue weighted by molar-refractivity contribution is -0.143. The SMILES string of the molecule is COC(=O)[C@H](Cc1ccc(Oc2ccc(C)cc2)cc1)NC(c1ccccc1)(c1ccccc1)c1ccccc1. The van der Waals surface area contributed by atoms with E-state index in [0.29, 0.717) is 6.42 Å². The summed E-state index contributed by atoms with van der Waals surface area (Å²) in [6.45, 7) is 2.05. The van der Waals surface area contributed by atoms with Crippen LogP contribution in [0.3, 0.4) is 0 Å². The Kier molecular flexibility index (Phi) is 8.38. The zero-order valence-electron chi connectivity index (χ0n) is 22.8. The lowest BCUT2D eigenvalue weighted by Gasteiger charge is -2.39. The van der Waals surface area contributed by atoms with Gasteiger partial charge in [-0.3, -0.25) is 10.1 Å². The Hall–Kier alpha value is -4.67. The highest BCUT2D eigenvalue weighted by molar-refractivity contribution is 5.76. The number of hydrogen-bond donors (Lipinski definition) is 1. The van der Waals surface area contributed by atoms with E-state index in [4.69, 9.17) is 9.47 Å². The molecule has 4 nitrogen and oxygen atoms in total. The van der Waals surface area contributed by atoms with Crippen molar-refractivity contribution in [2.24, 2.45) is 0 Å². The molecule has 5 rings (SSSR count). The van der Waals surface area contributed by atoms with Crippen molar-refractivity contribution in [3.63, 3.8) is 0 Å². The van der Waals surface area contributed by atoms with E-state index in [9.17, 15) is 4.79 Å². The number of nitrogens with one attached hydrogen (secondary N) is 1. The maximum Gasteiger partial charge on any atom is 0.323 e. The molecule has 0 saturated carbocycles. The van der Waals surface area contributed by atoms with E-state index in [0.717, 1.165) is 33.8 Å². The Balaban J connectivity index is 1.51. The van der Waals surface area contributed by atoms with Crippen LogP contribution in [0.2, 0.25) is 0 Å². The Labute approximate surface area is 236 Å². The molecular formula is C36H33NO3. The van der Waals surface area contributed by atoms with E-state index in [-0.39, 0.29) is 5.97 Å². The topological polar surface area (TPSA) is 47.6 Å². The summed E-state index contributed by atoms with van der Waals surface area (Å²) in [6.07, 6.45) is 0.436. The lowest BCUT2D eigenvalue weighted by Crippen LogP contribution is -2.53. The van der Waals surface area contributed by atoms with Gasteiger partial charge in [0.1, 0.15) is 17.5 Å². The van der Waals surface area contributed by atoms with Crippen LogP contribution in [0.25, 0.3) is 0 Å². The quantitative estimate of drug-likeness (QED) is 0.151. The fourth-order valence-corrected chi connectivity index (χ4v) is 5.08. The van der Waals surface area contributed by atoms with Crippen LogP contribution in [-0.2, 0) is 21.5 Å². The first kappa shape index (κ1) is 26.9. The summed E-state index contributed by atoms with van der Waals surface area (Å²) in [6, 6.07) is 45.9.